The van der Waals surface area contributed by atoms with Gasteiger partial charge in [0.15, 0.2) is 0 Å². The molecule has 0 bridgehead atoms. The fourth-order valence-electron chi connectivity index (χ4n) is 2.66. The third-order valence-corrected chi connectivity index (χ3v) is 3.72. The van der Waals surface area contributed by atoms with Crippen LogP contribution >= 0.6 is 0 Å². The molecule has 2 radical (unpaired) electrons. The summed E-state index contributed by atoms with van der Waals surface area (Å²) in [6, 6.07) is 18.3. The van der Waals surface area contributed by atoms with Gasteiger partial charge in [0.2, 0.25) is 5.91 Å². The van der Waals surface area contributed by atoms with Crippen molar-refractivity contribution in [2.24, 2.45) is 5.73 Å². The van der Waals surface area contributed by atoms with E-state index in [1.807, 2.05) is 30.3 Å². The van der Waals surface area contributed by atoms with Crippen molar-refractivity contribution in [3.63, 3.8) is 0 Å². The van der Waals surface area contributed by atoms with E-state index in [0.717, 1.165) is 17.5 Å². The average molecular weight is 279 g/mol. The standard InChI is InChI=1S/C18H17NO2/c19-18(20)17-16(7-4-12-21-17)15-10-8-14(9-11-15)13-5-2-1-3-6-13/h1-3,5-6,8-11,16-17H,4,12H2,(H2,19,20)/t16-,17-/m1/s1. The van der Waals surface area contributed by atoms with Crippen LogP contribution in [0.5, 0.6) is 0 Å². The van der Waals surface area contributed by atoms with Gasteiger partial charge in [0.05, 0.1) is 0 Å². The van der Waals surface area contributed by atoms with E-state index in [1.54, 1.807) is 0 Å². The second-order valence-corrected chi connectivity index (χ2v) is 5.11. The quantitative estimate of drug-likeness (QED) is 0.939. The highest BCUT2D eigenvalue weighted by molar-refractivity contribution is 5.80. The fraction of sp³-hybridized carbons (Fsp3) is 0.222. The van der Waals surface area contributed by atoms with E-state index in [0.29, 0.717) is 6.61 Å². The Morgan fingerprint density at radius 1 is 1.05 bits per heavy atom. The lowest BCUT2D eigenvalue weighted by Crippen LogP contribution is -2.39. The van der Waals surface area contributed by atoms with Crippen LogP contribution in [-0.2, 0) is 9.53 Å². The van der Waals surface area contributed by atoms with Crippen molar-refractivity contribution in [3.8, 4) is 11.1 Å². The number of rotatable bonds is 3. The molecule has 1 heterocycles. The summed E-state index contributed by atoms with van der Waals surface area (Å²) in [5.41, 5.74) is 8.74. The highest BCUT2D eigenvalue weighted by Gasteiger charge is 2.32. The lowest BCUT2D eigenvalue weighted by molar-refractivity contribution is -0.132. The van der Waals surface area contributed by atoms with Crippen LogP contribution in [0, 0.1) is 6.42 Å². The molecule has 21 heavy (non-hydrogen) atoms. The van der Waals surface area contributed by atoms with Crippen LogP contribution in [0.3, 0.4) is 0 Å². The number of carbonyl (C=O) groups is 1. The lowest BCUT2D eigenvalue weighted by Gasteiger charge is -2.29. The molecule has 1 aliphatic rings. The summed E-state index contributed by atoms with van der Waals surface area (Å²) in [7, 11) is 0. The van der Waals surface area contributed by atoms with E-state index in [2.05, 4.69) is 30.7 Å². The number of benzene rings is 2. The normalized spacial score (nSPS) is 21.9. The number of ether oxygens (including phenoxy) is 1. The molecular formula is C18H17NO2. The lowest BCUT2D eigenvalue weighted by atomic mass is 9.86. The SMILES string of the molecule is NC(=O)[C@@H]1OCC[C][C@@H]1c1ccc(-c2ccccc2)cc1. The molecule has 1 aliphatic heterocycles. The number of primary amides is 1. The van der Waals surface area contributed by atoms with Gasteiger partial charge in [-0.3, -0.25) is 4.79 Å². The zero-order valence-electron chi connectivity index (χ0n) is 11.7. The maximum atomic E-state index is 11.5. The van der Waals surface area contributed by atoms with E-state index in [9.17, 15) is 4.79 Å². The first-order chi connectivity index (χ1) is 10.3. The van der Waals surface area contributed by atoms with Gasteiger partial charge in [-0.25, -0.2) is 0 Å². The predicted octanol–water partition coefficient (Wildman–Crippen LogP) is 2.79. The molecule has 1 fully saturated rings. The van der Waals surface area contributed by atoms with E-state index in [4.69, 9.17) is 10.5 Å². The monoisotopic (exact) mass is 279 g/mol. The van der Waals surface area contributed by atoms with Gasteiger partial charge < -0.3 is 10.5 Å². The summed E-state index contributed by atoms with van der Waals surface area (Å²) in [6.45, 7) is 0.506. The molecule has 1 saturated heterocycles. The number of carbonyl (C=O) groups excluding carboxylic acids is 1. The van der Waals surface area contributed by atoms with Gasteiger partial charge >= 0.3 is 0 Å². The summed E-state index contributed by atoms with van der Waals surface area (Å²) in [5.74, 6) is -0.611. The second-order valence-electron chi connectivity index (χ2n) is 5.11. The molecule has 1 amide bonds. The van der Waals surface area contributed by atoms with Gasteiger partial charge in [-0.1, -0.05) is 54.6 Å². The summed E-state index contributed by atoms with van der Waals surface area (Å²) in [5, 5.41) is 0. The van der Waals surface area contributed by atoms with Gasteiger partial charge in [0.1, 0.15) is 6.10 Å². The molecule has 3 nitrogen and oxygen atoms in total. The highest BCUT2D eigenvalue weighted by Crippen LogP contribution is 2.31. The minimum atomic E-state index is -0.610. The fourth-order valence-corrected chi connectivity index (χ4v) is 2.66. The van der Waals surface area contributed by atoms with E-state index < -0.39 is 12.0 Å². The summed E-state index contributed by atoms with van der Waals surface area (Å²) >= 11 is 0. The average Bonchev–Trinajstić information content (AvgIpc) is 2.56. The molecule has 106 valence electrons. The molecule has 0 spiro atoms. The molecule has 3 heteroatoms. The predicted molar refractivity (Wildman–Crippen MR) is 81.4 cm³/mol. The Kier molecular flexibility index (Phi) is 4.02. The van der Waals surface area contributed by atoms with Crippen LogP contribution in [0.15, 0.2) is 54.6 Å². The summed E-state index contributed by atoms with van der Waals surface area (Å²) < 4.78 is 5.48. The van der Waals surface area contributed by atoms with Gasteiger partial charge in [-0.2, -0.15) is 0 Å². The van der Waals surface area contributed by atoms with Crippen LogP contribution in [0.1, 0.15) is 17.9 Å². The molecule has 0 aromatic heterocycles. The van der Waals surface area contributed by atoms with Crippen molar-refractivity contribution in [2.45, 2.75) is 18.4 Å². The molecule has 0 unspecified atom stereocenters. The van der Waals surface area contributed by atoms with Gasteiger partial charge in [0, 0.05) is 12.5 Å². The Balaban J connectivity index is 1.85. The van der Waals surface area contributed by atoms with Crippen molar-refractivity contribution < 1.29 is 9.53 Å². The topological polar surface area (TPSA) is 52.3 Å². The number of hydrogen-bond acceptors (Lipinski definition) is 2. The molecule has 2 aromatic carbocycles. The van der Waals surface area contributed by atoms with Crippen molar-refractivity contribution >= 4 is 5.91 Å². The summed E-state index contributed by atoms with van der Waals surface area (Å²) in [4.78, 5) is 11.5. The van der Waals surface area contributed by atoms with Crippen LogP contribution in [0.4, 0.5) is 0 Å². The van der Waals surface area contributed by atoms with Crippen molar-refractivity contribution in [1.29, 1.82) is 0 Å². The molecule has 2 aromatic rings. The van der Waals surface area contributed by atoms with Crippen LogP contribution in [0.25, 0.3) is 11.1 Å². The number of hydrogen-bond donors (Lipinski definition) is 1. The van der Waals surface area contributed by atoms with Crippen molar-refractivity contribution in [1.82, 2.24) is 0 Å². The minimum absolute atomic E-state index is 0.180. The molecule has 2 N–H and O–H groups in total. The Hall–Kier alpha value is -2.13. The van der Waals surface area contributed by atoms with Crippen molar-refractivity contribution in [2.75, 3.05) is 6.61 Å². The second kappa shape index (κ2) is 6.10. The molecular weight excluding hydrogens is 262 g/mol. The minimum Gasteiger partial charge on any atom is -0.368 e. The zero-order valence-corrected chi connectivity index (χ0v) is 11.7. The van der Waals surface area contributed by atoms with Gasteiger partial charge in [0.25, 0.3) is 0 Å². The molecule has 0 saturated carbocycles. The van der Waals surface area contributed by atoms with Crippen LogP contribution < -0.4 is 5.73 Å². The third kappa shape index (κ3) is 2.98. The Bertz CT molecular complexity index is 607. The Morgan fingerprint density at radius 3 is 2.38 bits per heavy atom. The first-order valence-corrected chi connectivity index (χ1v) is 7.05. The van der Waals surface area contributed by atoms with Crippen LogP contribution in [-0.4, -0.2) is 18.6 Å². The molecule has 3 rings (SSSR count). The number of nitrogens with two attached hydrogens (primary N) is 1. The zero-order chi connectivity index (χ0) is 14.7. The number of amides is 1. The highest BCUT2D eigenvalue weighted by atomic mass is 16.5. The molecule has 0 aliphatic carbocycles. The van der Waals surface area contributed by atoms with E-state index in [-0.39, 0.29) is 5.92 Å². The van der Waals surface area contributed by atoms with Gasteiger partial charge in [-0.15, -0.1) is 0 Å². The third-order valence-electron chi connectivity index (χ3n) is 3.72. The first kappa shape index (κ1) is 13.8. The largest absolute Gasteiger partial charge is 0.368 e. The van der Waals surface area contributed by atoms with Gasteiger partial charge in [-0.05, 0) is 29.5 Å². The maximum Gasteiger partial charge on any atom is 0.247 e. The van der Waals surface area contributed by atoms with E-state index >= 15 is 0 Å². The smallest absolute Gasteiger partial charge is 0.247 e. The summed E-state index contributed by atoms with van der Waals surface area (Å²) in [6.07, 6.45) is 3.41. The first-order valence-electron chi connectivity index (χ1n) is 7.05. The molecule has 2 atom stereocenters. The Morgan fingerprint density at radius 2 is 1.71 bits per heavy atom. The van der Waals surface area contributed by atoms with Crippen molar-refractivity contribution in [3.05, 3.63) is 66.6 Å². The van der Waals surface area contributed by atoms with E-state index in [1.165, 1.54) is 5.56 Å². The maximum absolute atomic E-state index is 11.5. The Labute approximate surface area is 124 Å². The van der Waals surface area contributed by atoms with Crippen LogP contribution in [0.2, 0.25) is 0 Å².